The first-order chi connectivity index (χ1) is 9.95. The molecule has 0 aromatic heterocycles. The van der Waals surface area contributed by atoms with Crippen molar-refractivity contribution in [1.82, 2.24) is 9.62 Å². The van der Waals surface area contributed by atoms with E-state index in [4.69, 9.17) is 4.74 Å². The molecule has 1 aromatic carbocycles. The van der Waals surface area contributed by atoms with Crippen LogP contribution in [0, 0.1) is 0 Å². The fourth-order valence-corrected chi connectivity index (χ4v) is 4.19. The van der Waals surface area contributed by atoms with Gasteiger partial charge in [-0.2, -0.15) is 4.31 Å². The molecule has 0 atom stereocenters. The van der Waals surface area contributed by atoms with E-state index in [0.29, 0.717) is 36.3 Å². The summed E-state index contributed by atoms with van der Waals surface area (Å²) in [7, 11) is -3.78. The molecule has 0 spiro atoms. The number of carbonyl (C=O) groups excluding carboxylic acids is 1. The molecule has 0 aliphatic carbocycles. The number of carbonyl (C=O) groups is 1. The molecule has 0 radical (unpaired) electrons. The summed E-state index contributed by atoms with van der Waals surface area (Å²) in [6, 6.07) is 4.83. The zero-order valence-electron chi connectivity index (χ0n) is 11.6. The molecular weight excluding hydrogens is 360 g/mol. The molecular formula is C13H17BrN2O4S. The summed E-state index contributed by atoms with van der Waals surface area (Å²) in [5.74, 6) is 0.00869. The Morgan fingerprint density at radius 3 is 2.90 bits per heavy atom. The molecule has 1 amide bonds. The third-order valence-corrected chi connectivity index (χ3v) is 5.41. The number of benzene rings is 1. The Morgan fingerprint density at radius 1 is 1.43 bits per heavy atom. The van der Waals surface area contributed by atoms with Crippen molar-refractivity contribution < 1.29 is 17.9 Å². The van der Waals surface area contributed by atoms with Crippen LogP contribution in [-0.4, -0.2) is 44.9 Å². The summed E-state index contributed by atoms with van der Waals surface area (Å²) in [5, 5.41) is 2.66. The van der Waals surface area contributed by atoms with Crippen LogP contribution in [0.5, 0.6) is 5.75 Å². The van der Waals surface area contributed by atoms with Crippen LogP contribution in [0.25, 0.3) is 0 Å². The highest BCUT2D eigenvalue weighted by Crippen LogP contribution is 2.30. The number of nitrogens with zero attached hydrogens (tertiary/aromatic N) is 1. The van der Waals surface area contributed by atoms with Crippen LogP contribution in [0.2, 0.25) is 0 Å². The minimum Gasteiger partial charge on any atom is -0.492 e. The summed E-state index contributed by atoms with van der Waals surface area (Å²) < 4.78 is 32.8. The number of ether oxygens (including phenoxy) is 1. The average molecular weight is 377 g/mol. The summed E-state index contributed by atoms with van der Waals surface area (Å²) >= 11 is 3.27. The average Bonchev–Trinajstić information content (AvgIpc) is 2.66. The topological polar surface area (TPSA) is 75.7 Å². The SMILES string of the molecule is CCOc1ccc(Br)cc1S(=O)(=O)N1CCCNC(=O)C1. The first kappa shape index (κ1) is 16.3. The van der Waals surface area contributed by atoms with Crippen molar-refractivity contribution in [1.29, 1.82) is 0 Å². The van der Waals surface area contributed by atoms with Gasteiger partial charge in [-0.1, -0.05) is 15.9 Å². The molecule has 8 heteroatoms. The lowest BCUT2D eigenvalue weighted by Gasteiger charge is -2.20. The summed E-state index contributed by atoms with van der Waals surface area (Å²) in [4.78, 5) is 11.7. The maximum atomic E-state index is 12.8. The van der Waals surface area contributed by atoms with E-state index < -0.39 is 10.0 Å². The Kier molecular flexibility index (Phi) is 5.23. The highest BCUT2D eigenvalue weighted by atomic mass is 79.9. The number of rotatable bonds is 4. The van der Waals surface area contributed by atoms with Gasteiger partial charge >= 0.3 is 0 Å². The van der Waals surface area contributed by atoms with Crippen LogP contribution in [0.4, 0.5) is 0 Å². The lowest BCUT2D eigenvalue weighted by atomic mass is 10.3. The minimum absolute atomic E-state index is 0.0772. The first-order valence-electron chi connectivity index (χ1n) is 6.64. The Bertz CT molecular complexity index is 633. The van der Waals surface area contributed by atoms with Gasteiger partial charge < -0.3 is 10.1 Å². The fraction of sp³-hybridized carbons (Fsp3) is 0.462. The lowest BCUT2D eigenvalue weighted by molar-refractivity contribution is -0.120. The van der Waals surface area contributed by atoms with Gasteiger partial charge in [0.2, 0.25) is 15.9 Å². The monoisotopic (exact) mass is 376 g/mol. The Balaban J connectivity index is 2.42. The normalized spacial score (nSPS) is 17.1. The van der Waals surface area contributed by atoms with Gasteiger partial charge in [0.15, 0.2) is 0 Å². The number of amides is 1. The summed E-state index contributed by atoms with van der Waals surface area (Å²) in [6.45, 7) is 2.78. The largest absolute Gasteiger partial charge is 0.492 e. The van der Waals surface area contributed by atoms with E-state index in [1.54, 1.807) is 19.1 Å². The van der Waals surface area contributed by atoms with Gasteiger partial charge in [0.25, 0.3) is 0 Å². The molecule has 0 saturated carbocycles. The van der Waals surface area contributed by atoms with Crippen molar-refractivity contribution in [2.45, 2.75) is 18.2 Å². The van der Waals surface area contributed by atoms with Crippen LogP contribution >= 0.6 is 15.9 Å². The van der Waals surface area contributed by atoms with E-state index in [2.05, 4.69) is 21.2 Å². The lowest BCUT2D eigenvalue weighted by Crippen LogP contribution is -2.37. The van der Waals surface area contributed by atoms with E-state index in [-0.39, 0.29) is 17.3 Å². The quantitative estimate of drug-likeness (QED) is 0.860. The molecule has 1 fully saturated rings. The van der Waals surface area contributed by atoms with Crippen molar-refractivity contribution in [3.8, 4) is 5.75 Å². The van der Waals surface area contributed by atoms with Crippen molar-refractivity contribution in [3.05, 3.63) is 22.7 Å². The first-order valence-corrected chi connectivity index (χ1v) is 8.87. The Labute approximate surface area is 132 Å². The van der Waals surface area contributed by atoms with Gasteiger partial charge in [-0.05, 0) is 31.5 Å². The van der Waals surface area contributed by atoms with Crippen molar-refractivity contribution in [2.75, 3.05) is 26.2 Å². The molecule has 116 valence electrons. The van der Waals surface area contributed by atoms with Crippen molar-refractivity contribution in [3.63, 3.8) is 0 Å². The summed E-state index contributed by atoms with van der Waals surface area (Å²) in [5.41, 5.74) is 0. The standard InChI is InChI=1S/C13H17BrN2O4S/c1-2-20-11-5-4-10(14)8-12(11)21(18,19)16-7-3-6-15-13(17)9-16/h4-5,8H,2-3,6-7,9H2,1H3,(H,15,17). The third-order valence-electron chi connectivity index (χ3n) is 3.05. The molecule has 1 heterocycles. The molecule has 1 aliphatic rings. The molecule has 1 aromatic rings. The highest BCUT2D eigenvalue weighted by Gasteiger charge is 2.30. The molecule has 0 bridgehead atoms. The van der Waals surface area contributed by atoms with Crippen LogP contribution in [0.3, 0.4) is 0 Å². The smallest absolute Gasteiger partial charge is 0.247 e. The number of halogens is 1. The fourth-order valence-electron chi connectivity index (χ4n) is 2.08. The van der Waals surface area contributed by atoms with Gasteiger partial charge in [0.1, 0.15) is 10.6 Å². The summed E-state index contributed by atoms with van der Waals surface area (Å²) in [6.07, 6.45) is 0.586. The van der Waals surface area contributed by atoms with Crippen LogP contribution in [0.1, 0.15) is 13.3 Å². The molecule has 21 heavy (non-hydrogen) atoms. The maximum Gasteiger partial charge on any atom is 0.247 e. The molecule has 1 N–H and O–H groups in total. The predicted octanol–water partition coefficient (Wildman–Crippen LogP) is 1.36. The predicted molar refractivity (Wildman–Crippen MR) is 81.7 cm³/mol. The molecule has 6 nitrogen and oxygen atoms in total. The second kappa shape index (κ2) is 6.76. The number of hydrogen-bond donors (Lipinski definition) is 1. The highest BCUT2D eigenvalue weighted by molar-refractivity contribution is 9.10. The van der Waals surface area contributed by atoms with E-state index in [9.17, 15) is 13.2 Å². The maximum absolute atomic E-state index is 12.8. The Hall–Kier alpha value is -1.12. The van der Waals surface area contributed by atoms with Gasteiger partial charge in [-0.15, -0.1) is 0 Å². The van der Waals surface area contributed by atoms with Crippen LogP contribution in [-0.2, 0) is 14.8 Å². The Morgan fingerprint density at radius 2 is 2.19 bits per heavy atom. The molecule has 2 rings (SSSR count). The van der Waals surface area contributed by atoms with Crippen molar-refractivity contribution in [2.24, 2.45) is 0 Å². The van der Waals surface area contributed by atoms with Gasteiger partial charge in [0, 0.05) is 17.6 Å². The second-order valence-electron chi connectivity index (χ2n) is 4.57. The van der Waals surface area contributed by atoms with Crippen molar-refractivity contribution >= 4 is 31.9 Å². The number of sulfonamides is 1. The molecule has 1 aliphatic heterocycles. The number of hydrogen-bond acceptors (Lipinski definition) is 4. The van der Waals surface area contributed by atoms with E-state index in [0.717, 1.165) is 0 Å². The van der Waals surface area contributed by atoms with Crippen LogP contribution in [0.15, 0.2) is 27.6 Å². The van der Waals surface area contributed by atoms with E-state index >= 15 is 0 Å². The minimum atomic E-state index is -3.78. The van der Waals surface area contributed by atoms with Gasteiger partial charge in [-0.25, -0.2) is 8.42 Å². The van der Waals surface area contributed by atoms with Gasteiger partial charge in [0.05, 0.1) is 13.2 Å². The molecule has 1 saturated heterocycles. The zero-order chi connectivity index (χ0) is 15.5. The van der Waals surface area contributed by atoms with E-state index in [1.165, 1.54) is 10.4 Å². The van der Waals surface area contributed by atoms with Gasteiger partial charge in [-0.3, -0.25) is 4.79 Å². The third kappa shape index (κ3) is 3.75. The molecule has 0 unspecified atom stereocenters. The van der Waals surface area contributed by atoms with E-state index in [1.807, 2.05) is 0 Å². The second-order valence-corrected chi connectivity index (χ2v) is 7.39. The van der Waals surface area contributed by atoms with Crippen LogP contribution < -0.4 is 10.1 Å². The number of nitrogens with one attached hydrogen (secondary N) is 1. The zero-order valence-corrected chi connectivity index (χ0v) is 14.0.